The molecule has 0 spiro atoms. The zero-order valence-electron chi connectivity index (χ0n) is 8.78. The van der Waals surface area contributed by atoms with E-state index >= 15 is 0 Å². The summed E-state index contributed by atoms with van der Waals surface area (Å²) in [6.45, 7) is 5.90. The Morgan fingerprint density at radius 2 is 2.14 bits per heavy atom. The summed E-state index contributed by atoms with van der Waals surface area (Å²) < 4.78 is 11.3. The molecule has 0 radical (unpaired) electrons. The molecule has 1 heterocycles. The van der Waals surface area contributed by atoms with Crippen molar-refractivity contribution in [1.29, 1.82) is 0 Å². The van der Waals surface area contributed by atoms with Gasteiger partial charge in [-0.15, -0.1) is 0 Å². The molecule has 0 aromatic heterocycles. The third kappa shape index (κ3) is 3.92. The summed E-state index contributed by atoms with van der Waals surface area (Å²) in [7, 11) is -0.637. The van der Waals surface area contributed by atoms with Gasteiger partial charge in [-0.1, -0.05) is 0 Å². The quantitative estimate of drug-likeness (QED) is 0.678. The molecule has 82 valence electrons. The molecule has 1 fully saturated rings. The largest absolute Gasteiger partial charge is 0.360 e. The Balaban J connectivity index is 2.43. The molecule has 14 heavy (non-hydrogen) atoms. The van der Waals surface area contributed by atoms with E-state index in [0.717, 1.165) is 36.1 Å². The van der Waals surface area contributed by atoms with Crippen LogP contribution in [0.5, 0.6) is 0 Å². The van der Waals surface area contributed by atoms with Crippen LogP contribution in [0.2, 0.25) is 0 Å². The summed E-state index contributed by atoms with van der Waals surface area (Å²) in [4.78, 5) is 2.13. The van der Waals surface area contributed by atoms with Crippen LogP contribution in [0.25, 0.3) is 0 Å². The van der Waals surface area contributed by atoms with Gasteiger partial charge in [-0.05, 0) is 32.5 Å². The van der Waals surface area contributed by atoms with Crippen LogP contribution >= 0.6 is 12.2 Å². The van der Waals surface area contributed by atoms with Crippen LogP contribution in [-0.4, -0.2) is 44.9 Å². The number of hydrogen-bond acceptors (Lipinski definition) is 2. The first-order valence-electron chi connectivity index (χ1n) is 5.00. The third-order valence-corrected chi connectivity index (χ3v) is 3.85. The lowest BCUT2D eigenvalue weighted by molar-refractivity contribution is 0.436. The SMILES string of the molecule is CC(C)NC(=S)N1CCCS(=O)CC1. The van der Waals surface area contributed by atoms with E-state index in [4.69, 9.17) is 12.2 Å². The highest BCUT2D eigenvalue weighted by molar-refractivity contribution is 7.85. The predicted octanol–water partition coefficient (Wildman–Crippen LogP) is 0.724. The van der Waals surface area contributed by atoms with Gasteiger partial charge in [0.1, 0.15) is 0 Å². The standard InChI is InChI=1S/C9H18N2OS2/c1-8(2)10-9(13)11-4-3-6-14(12)7-5-11/h8H,3-7H2,1-2H3,(H,10,13). The van der Waals surface area contributed by atoms with E-state index < -0.39 is 10.8 Å². The zero-order chi connectivity index (χ0) is 10.6. The molecule has 1 atom stereocenters. The molecule has 1 aliphatic rings. The summed E-state index contributed by atoms with van der Waals surface area (Å²) in [5, 5.41) is 4.02. The normalized spacial score (nSPS) is 23.4. The van der Waals surface area contributed by atoms with Crippen molar-refractivity contribution in [3.63, 3.8) is 0 Å². The molecule has 3 nitrogen and oxygen atoms in total. The zero-order valence-corrected chi connectivity index (χ0v) is 10.4. The Kier molecular flexibility index (Phi) is 4.81. The molecule has 1 aliphatic heterocycles. The minimum absolute atomic E-state index is 0.372. The fourth-order valence-electron chi connectivity index (χ4n) is 1.38. The van der Waals surface area contributed by atoms with Crippen LogP contribution in [0.4, 0.5) is 0 Å². The molecule has 0 aliphatic carbocycles. The van der Waals surface area contributed by atoms with Crippen LogP contribution in [0.1, 0.15) is 20.3 Å². The minimum atomic E-state index is -0.637. The number of nitrogens with zero attached hydrogens (tertiary/aromatic N) is 1. The molecule has 0 aromatic carbocycles. The molecule has 1 rings (SSSR count). The highest BCUT2D eigenvalue weighted by Gasteiger charge is 2.15. The number of hydrogen-bond donors (Lipinski definition) is 1. The van der Waals surface area contributed by atoms with E-state index in [1.165, 1.54) is 0 Å². The van der Waals surface area contributed by atoms with E-state index in [1.807, 2.05) is 0 Å². The van der Waals surface area contributed by atoms with Crippen molar-refractivity contribution < 1.29 is 4.21 Å². The van der Waals surface area contributed by atoms with E-state index in [-0.39, 0.29) is 0 Å². The third-order valence-electron chi connectivity index (χ3n) is 2.09. The second kappa shape index (κ2) is 5.66. The van der Waals surface area contributed by atoms with Crippen LogP contribution < -0.4 is 5.32 Å². The van der Waals surface area contributed by atoms with Gasteiger partial charge in [-0.3, -0.25) is 4.21 Å². The van der Waals surface area contributed by atoms with Crippen LogP contribution in [-0.2, 0) is 10.8 Å². The fraction of sp³-hybridized carbons (Fsp3) is 0.889. The first kappa shape index (κ1) is 11.9. The molecule has 0 bridgehead atoms. The molecular weight excluding hydrogens is 216 g/mol. The van der Waals surface area contributed by atoms with Crippen molar-refractivity contribution in [2.45, 2.75) is 26.3 Å². The Labute approximate surface area is 93.7 Å². The topological polar surface area (TPSA) is 32.3 Å². The number of rotatable bonds is 1. The van der Waals surface area contributed by atoms with E-state index in [1.54, 1.807) is 0 Å². The summed E-state index contributed by atoms with van der Waals surface area (Å²) in [6.07, 6.45) is 0.979. The molecule has 1 saturated heterocycles. The second-order valence-electron chi connectivity index (χ2n) is 3.79. The maximum absolute atomic E-state index is 11.3. The Bertz CT molecular complexity index is 231. The van der Waals surface area contributed by atoms with E-state index in [0.29, 0.717) is 6.04 Å². The summed E-state index contributed by atoms with van der Waals surface area (Å²) in [5.74, 6) is 1.57. The Hall–Kier alpha value is -0.160. The first-order chi connectivity index (χ1) is 6.59. The summed E-state index contributed by atoms with van der Waals surface area (Å²) in [5.41, 5.74) is 0. The van der Waals surface area contributed by atoms with Crippen molar-refractivity contribution in [1.82, 2.24) is 10.2 Å². The van der Waals surface area contributed by atoms with Crippen molar-refractivity contribution in [3.8, 4) is 0 Å². The van der Waals surface area contributed by atoms with Gasteiger partial charge in [-0.2, -0.15) is 0 Å². The van der Waals surface area contributed by atoms with Gasteiger partial charge in [0.2, 0.25) is 0 Å². The fourth-order valence-corrected chi connectivity index (χ4v) is 2.88. The highest BCUT2D eigenvalue weighted by Crippen LogP contribution is 2.02. The second-order valence-corrected chi connectivity index (χ2v) is 5.88. The van der Waals surface area contributed by atoms with E-state index in [9.17, 15) is 4.21 Å². The van der Waals surface area contributed by atoms with Gasteiger partial charge >= 0.3 is 0 Å². The predicted molar refractivity (Wildman–Crippen MR) is 64.9 cm³/mol. The number of thiocarbonyl (C=S) groups is 1. The average Bonchev–Trinajstić information content (AvgIpc) is 2.28. The minimum Gasteiger partial charge on any atom is -0.360 e. The van der Waals surface area contributed by atoms with Crippen molar-refractivity contribution in [2.75, 3.05) is 24.6 Å². The average molecular weight is 234 g/mol. The van der Waals surface area contributed by atoms with Crippen molar-refractivity contribution >= 4 is 28.1 Å². The monoisotopic (exact) mass is 234 g/mol. The van der Waals surface area contributed by atoms with Gasteiger partial charge in [0.05, 0.1) is 0 Å². The highest BCUT2D eigenvalue weighted by atomic mass is 32.2. The summed E-state index contributed by atoms with van der Waals surface area (Å²) in [6, 6.07) is 0.372. The summed E-state index contributed by atoms with van der Waals surface area (Å²) >= 11 is 5.26. The molecule has 5 heteroatoms. The first-order valence-corrected chi connectivity index (χ1v) is 6.89. The Morgan fingerprint density at radius 3 is 2.79 bits per heavy atom. The van der Waals surface area contributed by atoms with Gasteiger partial charge in [0, 0.05) is 41.4 Å². The maximum atomic E-state index is 11.3. The molecule has 0 saturated carbocycles. The lowest BCUT2D eigenvalue weighted by atomic mass is 10.4. The molecule has 1 N–H and O–H groups in total. The maximum Gasteiger partial charge on any atom is 0.169 e. The number of nitrogens with one attached hydrogen (secondary N) is 1. The van der Waals surface area contributed by atoms with E-state index in [2.05, 4.69) is 24.1 Å². The molecule has 0 aromatic rings. The van der Waals surface area contributed by atoms with Gasteiger partial charge < -0.3 is 10.2 Å². The molecular formula is C9H18N2OS2. The van der Waals surface area contributed by atoms with Crippen LogP contribution in [0, 0.1) is 0 Å². The van der Waals surface area contributed by atoms with Gasteiger partial charge in [0.15, 0.2) is 5.11 Å². The smallest absolute Gasteiger partial charge is 0.169 e. The van der Waals surface area contributed by atoms with Crippen LogP contribution in [0.3, 0.4) is 0 Å². The van der Waals surface area contributed by atoms with Gasteiger partial charge in [0.25, 0.3) is 0 Å². The molecule has 1 unspecified atom stereocenters. The van der Waals surface area contributed by atoms with Gasteiger partial charge in [-0.25, -0.2) is 0 Å². The molecule has 0 amide bonds. The van der Waals surface area contributed by atoms with Crippen molar-refractivity contribution in [2.24, 2.45) is 0 Å². The van der Waals surface area contributed by atoms with Crippen LogP contribution in [0.15, 0.2) is 0 Å². The lowest BCUT2D eigenvalue weighted by Gasteiger charge is -2.24. The van der Waals surface area contributed by atoms with Crippen molar-refractivity contribution in [3.05, 3.63) is 0 Å². The Morgan fingerprint density at radius 1 is 1.43 bits per heavy atom. The lowest BCUT2D eigenvalue weighted by Crippen LogP contribution is -2.43.